The Morgan fingerprint density at radius 1 is 1.13 bits per heavy atom. The van der Waals surface area contributed by atoms with Crippen molar-refractivity contribution >= 4 is 23.7 Å². The number of anilines is 1. The molecule has 10 nitrogen and oxygen atoms in total. The van der Waals surface area contributed by atoms with E-state index in [1.54, 1.807) is 0 Å². The van der Waals surface area contributed by atoms with E-state index in [0.29, 0.717) is 11.0 Å². The Balaban J connectivity index is 2.31. The number of carbonyl (C=O) groups excluding carboxylic acids is 2. The lowest BCUT2D eigenvalue weighted by Crippen LogP contribution is -2.38. The van der Waals surface area contributed by atoms with E-state index >= 15 is 0 Å². The van der Waals surface area contributed by atoms with Gasteiger partial charge < -0.3 is 14.2 Å². The molecule has 0 atom stereocenters. The number of non-ortho nitro benzene ring substituents is 1. The van der Waals surface area contributed by atoms with E-state index in [9.17, 15) is 24.1 Å². The molecule has 0 aliphatic heterocycles. The van der Waals surface area contributed by atoms with Crippen LogP contribution in [0.25, 0.3) is 0 Å². The molecule has 0 aliphatic carbocycles. The van der Waals surface area contributed by atoms with E-state index in [4.69, 9.17) is 14.2 Å². The molecular formula is C19H16FN3O7. The molecule has 0 aliphatic rings. The van der Waals surface area contributed by atoms with Crippen LogP contribution in [-0.4, -0.2) is 35.3 Å². The molecule has 11 heteroatoms. The van der Waals surface area contributed by atoms with Gasteiger partial charge in [0.05, 0.1) is 11.0 Å². The lowest BCUT2D eigenvalue weighted by Gasteiger charge is -2.19. The molecule has 0 radical (unpaired) electrons. The standard InChI is InChI=1S/C19H16FN3O7/c1-3-9-28-18(24)22(19(25)29-10-4-2)17-12-14(7-8-21-17)30-16-6-5-13(23(26)27)11-15(16)20/h3-8,11-12H,1-2,9-10H2. The molecule has 1 aromatic carbocycles. The molecule has 2 rings (SSSR count). The number of benzene rings is 1. The zero-order valence-electron chi connectivity index (χ0n) is 15.5. The number of hydrogen-bond acceptors (Lipinski definition) is 8. The second-order valence-electron chi connectivity index (χ2n) is 5.39. The number of halogens is 1. The van der Waals surface area contributed by atoms with Gasteiger partial charge in [-0.15, -0.1) is 0 Å². The van der Waals surface area contributed by atoms with Crippen molar-refractivity contribution in [3.63, 3.8) is 0 Å². The first-order valence-electron chi connectivity index (χ1n) is 8.30. The van der Waals surface area contributed by atoms with Crippen LogP contribution in [0, 0.1) is 15.9 Å². The van der Waals surface area contributed by atoms with Crippen molar-refractivity contribution in [1.29, 1.82) is 0 Å². The van der Waals surface area contributed by atoms with Crippen LogP contribution in [0.3, 0.4) is 0 Å². The van der Waals surface area contributed by atoms with Gasteiger partial charge in [0.15, 0.2) is 17.4 Å². The number of ether oxygens (including phenoxy) is 3. The van der Waals surface area contributed by atoms with Crippen LogP contribution in [0.2, 0.25) is 0 Å². The van der Waals surface area contributed by atoms with Gasteiger partial charge in [-0.1, -0.05) is 25.3 Å². The molecule has 2 aromatic rings. The topological polar surface area (TPSA) is 121 Å². The van der Waals surface area contributed by atoms with Gasteiger partial charge in [0.2, 0.25) is 0 Å². The smallest absolute Gasteiger partial charge is 0.425 e. The van der Waals surface area contributed by atoms with Crippen LogP contribution in [-0.2, 0) is 9.47 Å². The van der Waals surface area contributed by atoms with Crippen molar-refractivity contribution in [3.05, 3.63) is 77.8 Å². The van der Waals surface area contributed by atoms with Crippen molar-refractivity contribution in [1.82, 2.24) is 4.98 Å². The van der Waals surface area contributed by atoms with Gasteiger partial charge in [0.25, 0.3) is 5.69 Å². The Labute approximate surface area is 169 Å². The molecule has 2 amide bonds. The summed E-state index contributed by atoms with van der Waals surface area (Å²) in [5.74, 6) is -1.52. The van der Waals surface area contributed by atoms with Crippen LogP contribution >= 0.6 is 0 Å². The Bertz CT molecular complexity index is 956. The SMILES string of the molecule is C=CCOC(=O)N(C(=O)OCC=C)c1cc(Oc2ccc([N+](=O)[O-])cc2F)ccn1. The average Bonchev–Trinajstić information content (AvgIpc) is 2.72. The van der Waals surface area contributed by atoms with Gasteiger partial charge >= 0.3 is 12.2 Å². The molecule has 0 N–H and O–H groups in total. The highest BCUT2D eigenvalue weighted by atomic mass is 19.1. The minimum atomic E-state index is -1.09. The highest BCUT2D eigenvalue weighted by Crippen LogP contribution is 2.29. The van der Waals surface area contributed by atoms with Crippen LogP contribution in [0.1, 0.15) is 0 Å². The molecule has 1 aromatic heterocycles. The third kappa shape index (κ3) is 5.61. The van der Waals surface area contributed by atoms with E-state index in [1.165, 1.54) is 24.4 Å². The summed E-state index contributed by atoms with van der Waals surface area (Å²) < 4.78 is 29.1. The third-order valence-corrected chi connectivity index (χ3v) is 3.31. The maximum atomic E-state index is 14.1. The molecule has 0 fully saturated rings. The van der Waals surface area contributed by atoms with E-state index in [1.807, 2.05) is 0 Å². The van der Waals surface area contributed by atoms with Crippen LogP contribution in [0.4, 0.5) is 25.5 Å². The lowest BCUT2D eigenvalue weighted by atomic mass is 10.3. The van der Waals surface area contributed by atoms with Crippen molar-refractivity contribution in [2.45, 2.75) is 0 Å². The summed E-state index contributed by atoms with van der Waals surface area (Å²) in [6, 6.07) is 5.31. The van der Waals surface area contributed by atoms with Gasteiger partial charge in [-0.05, 0) is 12.1 Å². The summed E-state index contributed by atoms with van der Waals surface area (Å²) in [4.78, 5) is 38.9. The number of rotatable bonds is 8. The molecule has 0 saturated carbocycles. The van der Waals surface area contributed by atoms with Crippen molar-refractivity contribution in [3.8, 4) is 11.5 Å². The minimum Gasteiger partial charge on any atom is -0.454 e. The monoisotopic (exact) mass is 417 g/mol. The van der Waals surface area contributed by atoms with Gasteiger partial charge in [-0.25, -0.2) is 19.0 Å². The van der Waals surface area contributed by atoms with E-state index in [2.05, 4.69) is 18.1 Å². The summed E-state index contributed by atoms with van der Waals surface area (Å²) in [7, 11) is 0. The van der Waals surface area contributed by atoms with Crippen molar-refractivity contribution < 1.29 is 33.1 Å². The molecule has 0 unspecified atom stereocenters. The van der Waals surface area contributed by atoms with Crippen molar-refractivity contribution in [2.75, 3.05) is 18.1 Å². The second kappa shape index (κ2) is 10.3. The quantitative estimate of drug-likeness (QED) is 0.353. The second-order valence-corrected chi connectivity index (χ2v) is 5.39. The Morgan fingerprint density at radius 2 is 1.77 bits per heavy atom. The first-order valence-corrected chi connectivity index (χ1v) is 8.30. The number of nitrogens with zero attached hydrogens (tertiary/aromatic N) is 3. The fourth-order valence-corrected chi connectivity index (χ4v) is 2.05. The summed E-state index contributed by atoms with van der Waals surface area (Å²) >= 11 is 0. The van der Waals surface area contributed by atoms with Crippen LogP contribution in [0.15, 0.2) is 61.8 Å². The van der Waals surface area contributed by atoms with Gasteiger partial charge in [0.1, 0.15) is 19.0 Å². The summed E-state index contributed by atoms with van der Waals surface area (Å²) in [5.41, 5.74) is -0.448. The predicted molar refractivity (Wildman–Crippen MR) is 103 cm³/mol. The average molecular weight is 417 g/mol. The van der Waals surface area contributed by atoms with Crippen LogP contribution < -0.4 is 9.64 Å². The maximum Gasteiger partial charge on any atom is 0.425 e. The molecule has 30 heavy (non-hydrogen) atoms. The van der Waals surface area contributed by atoms with Gasteiger partial charge in [0, 0.05) is 18.3 Å². The fraction of sp³-hybridized carbons (Fsp3) is 0.105. The number of nitro benzene ring substituents is 1. The maximum absolute atomic E-state index is 14.1. The number of pyridine rings is 1. The molecule has 156 valence electrons. The molecular weight excluding hydrogens is 401 g/mol. The lowest BCUT2D eigenvalue weighted by molar-refractivity contribution is -0.385. The highest BCUT2D eigenvalue weighted by Gasteiger charge is 2.28. The predicted octanol–water partition coefficient (Wildman–Crippen LogP) is 4.37. The molecule has 1 heterocycles. The molecule has 0 saturated heterocycles. The molecule has 0 bridgehead atoms. The number of hydrogen-bond donors (Lipinski definition) is 0. The van der Waals surface area contributed by atoms with E-state index in [0.717, 1.165) is 18.2 Å². The normalized spacial score (nSPS) is 9.90. The third-order valence-electron chi connectivity index (χ3n) is 3.31. The number of imide groups is 1. The number of nitro groups is 1. The van der Waals surface area contributed by atoms with E-state index < -0.39 is 28.6 Å². The summed E-state index contributed by atoms with van der Waals surface area (Å²) in [6.45, 7) is 6.47. The number of carbonyl (C=O) groups is 2. The highest BCUT2D eigenvalue weighted by molar-refractivity contribution is 6.08. The minimum absolute atomic E-state index is 0.00852. The Morgan fingerprint density at radius 3 is 2.30 bits per heavy atom. The van der Waals surface area contributed by atoms with Gasteiger partial charge in [-0.3, -0.25) is 10.1 Å². The zero-order chi connectivity index (χ0) is 22.1. The summed E-state index contributed by atoms with van der Waals surface area (Å²) in [6.07, 6.45) is 1.62. The Kier molecular flexibility index (Phi) is 7.57. The van der Waals surface area contributed by atoms with Crippen molar-refractivity contribution in [2.24, 2.45) is 0 Å². The number of aromatic nitrogens is 1. The zero-order valence-corrected chi connectivity index (χ0v) is 15.5. The molecule has 0 spiro atoms. The van der Waals surface area contributed by atoms with Gasteiger partial charge in [-0.2, -0.15) is 4.90 Å². The first-order chi connectivity index (χ1) is 14.4. The summed E-state index contributed by atoms with van der Waals surface area (Å²) in [5, 5.41) is 10.7. The fourth-order valence-electron chi connectivity index (χ4n) is 2.05. The first kappa shape index (κ1) is 22.0. The Hall–Kier alpha value is -4.28. The van der Waals surface area contributed by atoms with E-state index in [-0.39, 0.29) is 30.5 Å². The van der Waals surface area contributed by atoms with Crippen LogP contribution in [0.5, 0.6) is 11.5 Å². The largest absolute Gasteiger partial charge is 0.454 e. The number of amides is 2.